The summed E-state index contributed by atoms with van der Waals surface area (Å²) in [7, 11) is 0. The molecule has 0 saturated heterocycles. The Kier molecular flexibility index (Phi) is 3.01. The zero-order valence-corrected chi connectivity index (χ0v) is 9.05. The second-order valence-electron chi connectivity index (χ2n) is 3.49. The van der Waals surface area contributed by atoms with E-state index in [0.29, 0.717) is 12.5 Å². The average molecular weight is 219 g/mol. The van der Waals surface area contributed by atoms with Crippen molar-refractivity contribution in [3.8, 4) is 0 Å². The summed E-state index contributed by atoms with van der Waals surface area (Å²) in [6.45, 7) is 6.12. The van der Waals surface area contributed by atoms with Crippen LogP contribution in [0.3, 0.4) is 0 Å². The summed E-state index contributed by atoms with van der Waals surface area (Å²) in [6.07, 6.45) is 6.71. The number of hydrogen-bond acceptors (Lipinski definition) is 4. The van der Waals surface area contributed by atoms with E-state index in [2.05, 4.69) is 11.6 Å². The molecule has 84 valence electrons. The molecular formula is C12H13NO3. The summed E-state index contributed by atoms with van der Waals surface area (Å²) < 4.78 is 10.2. The van der Waals surface area contributed by atoms with E-state index in [9.17, 15) is 4.79 Å². The molecule has 0 aromatic carbocycles. The largest absolute Gasteiger partial charge is 0.407 e. The number of allylic oxidation sites excluding steroid dienone is 3. The minimum absolute atomic E-state index is 0.153. The first-order chi connectivity index (χ1) is 7.72. The highest BCUT2D eigenvalue weighted by Crippen LogP contribution is 2.23. The van der Waals surface area contributed by atoms with Gasteiger partial charge in [0.2, 0.25) is 5.90 Å². The van der Waals surface area contributed by atoms with Gasteiger partial charge in [0.1, 0.15) is 0 Å². The fourth-order valence-corrected chi connectivity index (χ4v) is 1.58. The maximum absolute atomic E-state index is 11.4. The number of aliphatic imine (C=N–C) groups is 1. The Labute approximate surface area is 94.0 Å². The first kappa shape index (κ1) is 10.8. The van der Waals surface area contributed by atoms with E-state index >= 15 is 0 Å². The average Bonchev–Trinajstić information content (AvgIpc) is 2.61. The predicted molar refractivity (Wildman–Crippen MR) is 59.9 cm³/mol. The molecular weight excluding hydrogens is 206 g/mol. The van der Waals surface area contributed by atoms with Gasteiger partial charge in [-0.15, -0.1) is 0 Å². The van der Waals surface area contributed by atoms with Gasteiger partial charge in [0.05, 0.1) is 5.92 Å². The molecule has 1 heterocycles. The lowest BCUT2D eigenvalue weighted by Crippen LogP contribution is -2.19. The Morgan fingerprint density at radius 1 is 1.56 bits per heavy atom. The van der Waals surface area contributed by atoms with Crippen molar-refractivity contribution >= 4 is 11.9 Å². The van der Waals surface area contributed by atoms with Crippen molar-refractivity contribution in [1.82, 2.24) is 0 Å². The van der Waals surface area contributed by atoms with Crippen LogP contribution < -0.4 is 0 Å². The summed E-state index contributed by atoms with van der Waals surface area (Å²) in [5, 5.41) is 0. The molecule has 2 unspecified atom stereocenters. The standard InChI is InChI=1S/C12H13NO3/c1-3-15-11-12(14)16-10(13-11)9-7-5-4-6-8(9)2/h4-7,9,11H,2-3H2,1H3. The monoisotopic (exact) mass is 219 g/mol. The van der Waals surface area contributed by atoms with Crippen molar-refractivity contribution in [3.05, 3.63) is 36.5 Å². The molecule has 0 N–H and O–H groups in total. The number of nitrogens with zero attached hydrogens (tertiary/aromatic N) is 1. The van der Waals surface area contributed by atoms with Crippen LogP contribution in [-0.2, 0) is 14.3 Å². The lowest BCUT2D eigenvalue weighted by Gasteiger charge is -2.13. The summed E-state index contributed by atoms with van der Waals surface area (Å²) >= 11 is 0. The number of hydrogen-bond donors (Lipinski definition) is 0. The van der Waals surface area contributed by atoms with Crippen LogP contribution in [0.1, 0.15) is 6.92 Å². The van der Waals surface area contributed by atoms with Crippen LogP contribution in [0, 0.1) is 5.92 Å². The fourth-order valence-electron chi connectivity index (χ4n) is 1.58. The highest BCUT2D eigenvalue weighted by molar-refractivity contribution is 5.99. The second kappa shape index (κ2) is 4.45. The van der Waals surface area contributed by atoms with Gasteiger partial charge in [0.15, 0.2) is 0 Å². The van der Waals surface area contributed by atoms with Gasteiger partial charge in [-0.3, -0.25) is 0 Å². The second-order valence-corrected chi connectivity index (χ2v) is 3.49. The summed E-state index contributed by atoms with van der Waals surface area (Å²) in [5.41, 5.74) is 0.853. The fraction of sp³-hybridized carbons (Fsp3) is 0.333. The van der Waals surface area contributed by atoms with Crippen molar-refractivity contribution < 1.29 is 14.3 Å². The number of esters is 1. The van der Waals surface area contributed by atoms with Crippen molar-refractivity contribution in [3.63, 3.8) is 0 Å². The van der Waals surface area contributed by atoms with Crippen LogP contribution in [0.15, 0.2) is 41.4 Å². The van der Waals surface area contributed by atoms with Crippen LogP contribution in [0.4, 0.5) is 0 Å². The smallest absolute Gasteiger partial charge is 0.365 e. The van der Waals surface area contributed by atoms with Crippen LogP contribution in [0.25, 0.3) is 0 Å². The zero-order chi connectivity index (χ0) is 11.5. The van der Waals surface area contributed by atoms with E-state index < -0.39 is 12.2 Å². The highest BCUT2D eigenvalue weighted by Gasteiger charge is 2.33. The van der Waals surface area contributed by atoms with E-state index in [1.165, 1.54) is 0 Å². The lowest BCUT2D eigenvalue weighted by atomic mass is 9.96. The van der Waals surface area contributed by atoms with Gasteiger partial charge in [-0.2, -0.15) is 0 Å². The molecule has 4 nitrogen and oxygen atoms in total. The third kappa shape index (κ3) is 1.97. The maximum atomic E-state index is 11.4. The van der Waals surface area contributed by atoms with Gasteiger partial charge in [0, 0.05) is 6.61 Å². The highest BCUT2D eigenvalue weighted by atomic mass is 16.6. The van der Waals surface area contributed by atoms with Crippen LogP contribution in [-0.4, -0.2) is 24.7 Å². The maximum Gasteiger partial charge on any atom is 0.365 e. The predicted octanol–water partition coefficient (Wildman–Crippen LogP) is 1.60. The lowest BCUT2D eigenvalue weighted by molar-refractivity contribution is -0.144. The Bertz CT molecular complexity index is 406. The van der Waals surface area contributed by atoms with Crippen molar-refractivity contribution in [2.75, 3.05) is 6.61 Å². The molecule has 0 aromatic heterocycles. The summed E-state index contributed by atoms with van der Waals surface area (Å²) in [6, 6.07) is 0. The quantitative estimate of drug-likeness (QED) is 0.677. The Morgan fingerprint density at radius 3 is 3.06 bits per heavy atom. The van der Waals surface area contributed by atoms with Crippen LogP contribution >= 0.6 is 0 Å². The minimum Gasteiger partial charge on any atom is -0.407 e. The third-order valence-electron chi connectivity index (χ3n) is 2.37. The van der Waals surface area contributed by atoms with Gasteiger partial charge in [0.25, 0.3) is 6.23 Å². The number of rotatable bonds is 3. The molecule has 0 radical (unpaired) electrons. The summed E-state index contributed by atoms with van der Waals surface area (Å²) in [4.78, 5) is 15.5. The molecule has 16 heavy (non-hydrogen) atoms. The number of carbonyl (C=O) groups is 1. The van der Waals surface area contributed by atoms with Gasteiger partial charge >= 0.3 is 5.97 Å². The molecule has 1 aliphatic carbocycles. The molecule has 0 aromatic rings. The number of ether oxygens (including phenoxy) is 2. The molecule has 0 fully saturated rings. The molecule has 0 bridgehead atoms. The molecule has 2 rings (SSSR count). The minimum atomic E-state index is -0.813. The number of carbonyl (C=O) groups excluding carboxylic acids is 1. The van der Waals surface area contributed by atoms with E-state index in [-0.39, 0.29) is 5.92 Å². The zero-order valence-electron chi connectivity index (χ0n) is 9.05. The summed E-state index contributed by atoms with van der Waals surface area (Å²) in [5.74, 6) is -0.235. The van der Waals surface area contributed by atoms with Crippen LogP contribution in [0.2, 0.25) is 0 Å². The van der Waals surface area contributed by atoms with Crippen molar-refractivity contribution in [2.24, 2.45) is 10.9 Å². The van der Waals surface area contributed by atoms with Crippen molar-refractivity contribution in [1.29, 1.82) is 0 Å². The van der Waals surface area contributed by atoms with Gasteiger partial charge in [-0.25, -0.2) is 9.79 Å². The molecule has 2 aliphatic rings. The van der Waals surface area contributed by atoms with Gasteiger partial charge < -0.3 is 9.47 Å². The Morgan fingerprint density at radius 2 is 2.38 bits per heavy atom. The Balaban J connectivity index is 2.14. The first-order valence-corrected chi connectivity index (χ1v) is 5.17. The normalized spacial score (nSPS) is 28.2. The molecule has 0 saturated carbocycles. The van der Waals surface area contributed by atoms with E-state index in [4.69, 9.17) is 9.47 Å². The first-order valence-electron chi connectivity index (χ1n) is 5.17. The third-order valence-corrected chi connectivity index (χ3v) is 2.37. The molecule has 0 amide bonds. The van der Waals surface area contributed by atoms with E-state index in [1.54, 1.807) is 0 Å². The number of cyclic esters (lactones) is 1. The van der Waals surface area contributed by atoms with Crippen molar-refractivity contribution in [2.45, 2.75) is 13.2 Å². The topological polar surface area (TPSA) is 47.9 Å². The molecule has 2 atom stereocenters. The van der Waals surface area contributed by atoms with Gasteiger partial charge in [-0.1, -0.05) is 30.9 Å². The molecule has 4 heteroatoms. The molecule has 0 spiro atoms. The van der Waals surface area contributed by atoms with E-state index in [1.807, 2.05) is 31.2 Å². The molecule has 1 aliphatic heterocycles. The van der Waals surface area contributed by atoms with Crippen LogP contribution in [0.5, 0.6) is 0 Å². The SMILES string of the molecule is C=C1C=CC=CC1C1=NC(OCC)C(=O)O1. The van der Waals surface area contributed by atoms with E-state index in [0.717, 1.165) is 5.57 Å². The van der Waals surface area contributed by atoms with Gasteiger partial charge in [-0.05, 0) is 12.5 Å². The Hall–Kier alpha value is -1.68.